The summed E-state index contributed by atoms with van der Waals surface area (Å²) in [5, 5.41) is 11.2. The second-order valence-electron chi connectivity index (χ2n) is 2.06. The van der Waals surface area contributed by atoms with Crippen molar-refractivity contribution >= 4 is 18.4 Å². The molecule has 10 heavy (non-hydrogen) atoms. The number of halogens is 1. The second kappa shape index (κ2) is 4.30. The van der Waals surface area contributed by atoms with E-state index in [1.807, 2.05) is 0 Å². The van der Waals surface area contributed by atoms with Crippen LogP contribution in [0.2, 0.25) is 0 Å². The number of carboxylic acids is 1. The van der Waals surface area contributed by atoms with Gasteiger partial charge in [0.2, 0.25) is 0 Å². The monoisotopic (exact) mass is 163 g/mol. The third-order valence-electron chi connectivity index (χ3n) is 1.27. The van der Waals surface area contributed by atoms with Crippen LogP contribution in [0.15, 0.2) is 11.6 Å². The molecular formula is C6H10ClNO2. The third-order valence-corrected chi connectivity index (χ3v) is 1.27. The molecule has 0 aromatic carbocycles. The third kappa shape index (κ3) is 2.85. The fourth-order valence-corrected chi connectivity index (χ4v) is 0.645. The highest BCUT2D eigenvalue weighted by molar-refractivity contribution is 5.85. The lowest BCUT2D eigenvalue weighted by Crippen LogP contribution is -2.33. The van der Waals surface area contributed by atoms with Gasteiger partial charge in [0.05, 0.1) is 6.42 Å². The molecule has 1 fully saturated rings. The molecule has 0 aromatic rings. The zero-order chi connectivity index (χ0) is 6.69. The van der Waals surface area contributed by atoms with Crippen LogP contribution in [0.5, 0.6) is 0 Å². The number of carbonyl (C=O) groups is 1. The van der Waals surface area contributed by atoms with Crippen molar-refractivity contribution in [1.29, 1.82) is 0 Å². The van der Waals surface area contributed by atoms with Gasteiger partial charge in [-0.05, 0) is 5.57 Å². The topological polar surface area (TPSA) is 49.3 Å². The second-order valence-corrected chi connectivity index (χ2v) is 2.06. The number of hydrogen-bond acceptors (Lipinski definition) is 2. The van der Waals surface area contributed by atoms with Crippen molar-refractivity contribution in [2.75, 3.05) is 13.1 Å². The molecular weight excluding hydrogens is 154 g/mol. The Balaban J connectivity index is 0.000000810. The van der Waals surface area contributed by atoms with E-state index in [4.69, 9.17) is 5.11 Å². The van der Waals surface area contributed by atoms with E-state index >= 15 is 0 Å². The fraction of sp³-hybridized carbons (Fsp3) is 0.500. The zero-order valence-electron chi connectivity index (χ0n) is 5.46. The minimum absolute atomic E-state index is 0. The fourth-order valence-electron chi connectivity index (χ4n) is 0.645. The minimum atomic E-state index is -0.755. The number of nitrogens with one attached hydrogen (secondary N) is 1. The zero-order valence-corrected chi connectivity index (χ0v) is 6.28. The highest BCUT2D eigenvalue weighted by Gasteiger charge is 2.06. The van der Waals surface area contributed by atoms with Crippen LogP contribution in [-0.2, 0) is 4.79 Å². The molecule has 4 heteroatoms. The molecule has 0 atom stereocenters. The summed E-state index contributed by atoms with van der Waals surface area (Å²) in [5.74, 6) is -0.755. The van der Waals surface area contributed by atoms with Gasteiger partial charge in [-0.3, -0.25) is 4.79 Å². The van der Waals surface area contributed by atoms with Crippen molar-refractivity contribution in [3.8, 4) is 0 Å². The lowest BCUT2D eigenvalue weighted by atomic mass is 10.1. The Labute approximate surface area is 65.5 Å². The maximum Gasteiger partial charge on any atom is 0.307 e. The summed E-state index contributed by atoms with van der Waals surface area (Å²) >= 11 is 0. The van der Waals surface area contributed by atoms with Crippen molar-refractivity contribution in [2.24, 2.45) is 0 Å². The number of rotatable bonds is 2. The predicted molar refractivity (Wildman–Crippen MR) is 40.5 cm³/mol. The Bertz CT molecular complexity index is 150. The molecule has 3 nitrogen and oxygen atoms in total. The first-order valence-corrected chi connectivity index (χ1v) is 2.89. The van der Waals surface area contributed by atoms with Crippen molar-refractivity contribution in [3.63, 3.8) is 0 Å². The van der Waals surface area contributed by atoms with E-state index < -0.39 is 5.97 Å². The lowest BCUT2D eigenvalue weighted by Gasteiger charge is -2.17. The lowest BCUT2D eigenvalue weighted by molar-refractivity contribution is -0.136. The predicted octanol–water partition coefficient (Wildman–Crippen LogP) is 0.412. The number of carboxylic acid groups (broad SMARTS) is 1. The molecule has 1 heterocycles. The van der Waals surface area contributed by atoms with Gasteiger partial charge in [0.15, 0.2) is 0 Å². The van der Waals surface area contributed by atoms with Crippen LogP contribution >= 0.6 is 12.4 Å². The van der Waals surface area contributed by atoms with Gasteiger partial charge in [0.25, 0.3) is 0 Å². The van der Waals surface area contributed by atoms with E-state index in [0.717, 1.165) is 13.1 Å². The summed E-state index contributed by atoms with van der Waals surface area (Å²) in [4.78, 5) is 9.98. The molecule has 2 N–H and O–H groups in total. The molecule has 0 radical (unpaired) electrons. The van der Waals surface area contributed by atoms with Crippen LogP contribution < -0.4 is 5.32 Å². The Morgan fingerprint density at radius 3 is 2.60 bits per heavy atom. The van der Waals surface area contributed by atoms with E-state index in [1.54, 1.807) is 6.08 Å². The molecule has 0 bridgehead atoms. The molecule has 1 aliphatic heterocycles. The molecule has 1 aliphatic rings. The van der Waals surface area contributed by atoms with Crippen LogP contribution in [0, 0.1) is 0 Å². The average Bonchev–Trinajstić information content (AvgIpc) is 1.60. The first-order chi connectivity index (χ1) is 4.29. The minimum Gasteiger partial charge on any atom is -0.481 e. The summed E-state index contributed by atoms with van der Waals surface area (Å²) < 4.78 is 0. The van der Waals surface area contributed by atoms with E-state index in [1.165, 1.54) is 5.57 Å². The van der Waals surface area contributed by atoms with Crippen LogP contribution in [0.3, 0.4) is 0 Å². The molecule has 0 spiro atoms. The highest BCUT2D eigenvalue weighted by atomic mass is 35.5. The summed E-state index contributed by atoms with van der Waals surface area (Å²) in [6.45, 7) is 1.74. The van der Waals surface area contributed by atoms with Crippen LogP contribution in [0.4, 0.5) is 0 Å². The molecule has 0 saturated carbocycles. The Hall–Kier alpha value is -0.540. The Kier molecular flexibility index (Phi) is 4.07. The van der Waals surface area contributed by atoms with Gasteiger partial charge in [-0.15, -0.1) is 12.4 Å². The van der Waals surface area contributed by atoms with Crippen molar-refractivity contribution in [3.05, 3.63) is 11.6 Å². The first-order valence-electron chi connectivity index (χ1n) is 2.89. The summed E-state index contributed by atoms with van der Waals surface area (Å²) in [6, 6.07) is 0. The van der Waals surface area contributed by atoms with Gasteiger partial charge >= 0.3 is 5.97 Å². The van der Waals surface area contributed by atoms with E-state index in [9.17, 15) is 4.79 Å². The van der Waals surface area contributed by atoms with Gasteiger partial charge in [-0.1, -0.05) is 6.08 Å². The van der Waals surface area contributed by atoms with Crippen LogP contribution in [0.25, 0.3) is 0 Å². The highest BCUT2D eigenvalue weighted by Crippen LogP contribution is 2.00. The molecule has 0 unspecified atom stereocenters. The van der Waals surface area contributed by atoms with Crippen LogP contribution in [-0.4, -0.2) is 24.2 Å². The maximum atomic E-state index is 9.98. The largest absolute Gasteiger partial charge is 0.481 e. The summed E-state index contributed by atoms with van der Waals surface area (Å²) in [7, 11) is 0. The van der Waals surface area contributed by atoms with Crippen molar-refractivity contribution in [2.45, 2.75) is 6.42 Å². The van der Waals surface area contributed by atoms with Crippen molar-refractivity contribution < 1.29 is 9.90 Å². The molecule has 0 aromatic heterocycles. The standard InChI is InChI=1S/C6H9NO2.ClH/c8-6(9)2-1-5-3-7-4-5;/h1,7H,2-4H2,(H,8,9);1H. The summed E-state index contributed by atoms with van der Waals surface area (Å²) in [6.07, 6.45) is 1.93. The van der Waals surface area contributed by atoms with Gasteiger partial charge in [-0.2, -0.15) is 0 Å². The van der Waals surface area contributed by atoms with E-state index in [2.05, 4.69) is 5.32 Å². The van der Waals surface area contributed by atoms with Gasteiger partial charge in [0.1, 0.15) is 0 Å². The quantitative estimate of drug-likeness (QED) is 0.580. The normalized spacial score (nSPS) is 15.0. The smallest absolute Gasteiger partial charge is 0.307 e. The maximum absolute atomic E-state index is 9.98. The van der Waals surface area contributed by atoms with Crippen LogP contribution in [0.1, 0.15) is 6.42 Å². The molecule has 1 saturated heterocycles. The van der Waals surface area contributed by atoms with Gasteiger partial charge in [-0.25, -0.2) is 0 Å². The number of aliphatic carboxylic acids is 1. The average molecular weight is 164 g/mol. The summed E-state index contributed by atoms with van der Waals surface area (Å²) in [5.41, 5.74) is 1.21. The first kappa shape index (κ1) is 9.46. The number of hydrogen-bond donors (Lipinski definition) is 2. The van der Waals surface area contributed by atoms with Crippen molar-refractivity contribution in [1.82, 2.24) is 5.32 Å². The van der Waals surface area contributed by atoms with E-state index in [0.29, 0.717) is 0 Å². The molecule has 0 amide bonds. The molecule has 58 valence electrons. The Morgan fingerprint density at radius 2 is 2.30 bits per heavy atom. The van der Waals surface area contributed by atoms with E-state index in [-0.39, 0.29) is 18.8 Å². The molecule has 1 rings (SSSR count). The molecule has 0 aliphatic carbocycles. The SMILES string of the molecule is Cl.O=C(O)CC=C1CNC1. The van der Waals surface area contributed by atoms with Gasteiger partial charge in [0, 0.05) is 13.1 Å². The van der Waals surface area contributed by atoms with Gasteiger partial charge < -0.3 is 10.4 Å². The Morgan fingerprint density at radius 1 is 1.70 bits per heavy atom.